The van der Waals surface area contributed by atoms with Gasteiger partial charge in [0, 0.05) is 18.0 Å². The first-order chi connectivity index (χ1) is 8.99. The lowest BCUT2D eigenvalue weighted by Crippen LogP contribution is -2.49. The molecule has 110 valence electrons. The number of amides is 1. The van der Waals surface area contributed by atoms with E-state index in [1.165, 1.54) is 12.8 Å². The van der Waals surface area contributed by atoms with Crippen LogP contribution in [0.4, 0.5) is 0 Å². The Bertz CT molecular complexity index is 318. The summed E-state index contributed by atoms with van der Waals surface area (Å²) in [6, 6.07) is 0.594. The molecule has 0 aromatic rings. The zero-order valence-electron chi connectivity index (χ0n) is 12.7. The van der Waals surface area contributed by atoms with Crippen molar-refractivity contribution in [3.05, 3.63) is 0 Å². The topological polar surface area (TPSA) is 55.1 Å². The predicted octanol–water partition coefficient (Wildman–Crippen LogP) is 2.69. The van der Waals surface area contributed by atoms with E-state index in [0.29, 0.717) is 17.9 Å². The molecular weight excluding hydrogens is 236 g/mol. The quantitative estimate of drug-likeness (QED) is 0.807. The van der Waals surface area contributed by atoms with Gasteiger partial charge >= 0.3 is 0 Å². The number of nitrogens with one attached hydrogen (secondary N) is 1. The number of rotatable bonds is 2. The molecule has 2 fully saturated rings. The molecule has 6 atom stereocenters. The number of carbonyl (C=O) groups excluding carboxylic acids is 1. The second kappa shape index (κ2) is 6.25. The Balaban J connectivity index is 1.92. The molecule has 2 saturated carbocycles. The van der Waals surface area contributed by atoms with Crippen LogP contribution in [-0.2, 0) is 4.79 Å². The number of hydrogen-bond acceptors (Lipinski definition) is 2. The monoisotopic (exact) mass is 266 g/mol. The van der Waals surface area contributed by atoms with Crippen LogP contribution in [0, 0.1) is 23.7 Å². The van der Waals surface area contributed by atoms with Crippen molar-refractivity contribution >= 4 is 5.91 Å². The second-order valence-corrected chi connectivity index (χ2v) is 7.04. The summed E-state index contributed by atoms with van der Waals surface area (Å²) in [5, 5.41) is 3.33. The average molecular weight is 266 g/mol. The highest BCUT2D eigenvalue weighted by atomic mass is 16.2. The van der Waals surface area contributed by atoms with Crippen molar-refractivity contribution in [2.24, 2.45) is 29.4 Å². The van der Waals surface area contributed by atoms with Crippen LogP contribution in [0.3, 0.4) is 0 Å². The van der Waals surface area contributed by atoms with Crippen LogP contribution in [0.1, 0.15) is 59.3 Å². The summed E-state index contributed by atoms with van der Waals surface area (Å²) < 4.78 is 0. The summed E-state index contributed by atoms with van der Waals surface area (Å²) in [5.41, 5.74) is 6.03. The van der Waals surface area contributed by atoms with Gasteiger partial charge in [0.1, 0.15) is 0 Å². The first-order valence-electron chi connectivity index (χ1n) is 8.05. The molecule has 3 heteroatoms. The van der Waals surface area contributed by atoms with Gasteiger partial charge in [0.25, 0.3) is 0 Å². The Kier molecular flexibility index (Phi) is 4.88. The summed E-state index contributed by atoms with van der Waals surface area (Å²) in [4.78, 5) is 12.5. The molecule has 3 N–H and O–H groups in total. The minimum atomic E-state index is 0.133. The van der Waals surface area contributed by atoms with Gasteiger partial charge in [-0.25, -0.2) is 0 Å². The maximum absolute atomic E-state index is 12.5. The fourth-order valence-corrected chi connectivity index (χ4v) is 3.80. The molecule has 0 aliphatic heterocycles. The smallest absolute Gasteiger partial charge is 0.223 e. The van der Waals surface area contributed by atoms with Crippen LogP contribution in [0.5, 0.6) is 0 Å². The molecule has 1 amide bonds. The molecule has 6 unspecified atom stereocenters. The van der Waals surface area contributed by atoms with Crippen molar-refractivity contribution in [1.29, 1.82) is 0 Å². The van der Waals surface area contributed by atoms with Crippen molar-refractivity contribution in [3.63, 3.8) is 0 Å². The van der Waals surface area contributed by atoms with Crippen molar-refractivity contribution in [3.8, 4) is 0 Å². The number of carbonyl (C=O) groups is 1. The van der Waals surface area contributed by atoms with Crippen LogP contribution in [0.2, 0.25) is 0 Å². The van der Waals surface area contributed by atoms with Gasteiger partial charge in [0.05, 0.1) is 0 Å². The molecule has 0 radical (unpaired) electrons. The first-order valence-corrected chi connectivity index (χ1v) is 8.05. The van der Waals surface area contributed by atoms with Crippen LogP contribution in [0.15, 0.2) is 0 Å². The molecule has 0 bridgehead atoms. The zero-order valence-corrected chi connectivity index (χ0v) is 12.7. The first kappa shape index (κ1) is 14.8. The molecule has 2 aliphatic rings. The number of nitrogens with two attached hydrogens (primary N) is 1. The van der Waals surface area contributed by atoms with E-state index in [-0.39, 0.29) is 17.9 Å². The summed E-state index contributed by atoms with van der Waals surface area (Å²) >= 11 is 0. The highest BCUT2D eigenvalue weighted by Crippen LogP contribution is 2.32. The van der Waals surface area contributed by atoms with E-state index < -0.39 is 0 Å². The highest BCUT2D eigenvalue weighted by molar-refractivity contribution is 5.79. The third kappa shape index (κ3) is 3.50. The second-order valence-electron chi connectivity index (χ2n) is 7.04. The Morgan fingerprint density at radius 2 is 1.79 bits per heavy atom. The SMILES string of the molecule is CC1CCC(N)CC1C(=O)NC1CCCC(C)C1C. The lowest BCUT2D eigenvalue weighted by atomic mass is 9.75. The molecule has 0 saturated heterocycles. The van der Waals surface area contributed by atoms with Gasteiger partial charge in [0.15, 0.2) is 0 Å². The van der Waals surface area contributed by atoms with Gasteiger partial charge in [-0.3, -0.25) is 4.79 Å². The van der Waals surface area contributed by atoms with E-state index in [9.17, 15) is 4.79 Å². The minimum absolute atomic E-state index is 0.133. The standard InChI is InChI=1S/C16H30N2O/c1-10-5-4-6-15(12(10)3)18-16(19)14-9-13(17)8-7-11(14)2/h10-15H,4-9,17H2,1-3H3,(H,18,19). The summed E-state index contributed by atoms with van der Waals surface area (Å²) in [6.45, 7) is 6.79. The third-order valence-corrected chi connectivity index (χ3v) is 5.61. The molecule has 19 heavy (non-hydrogen) atoms. The number of hydrogen-bond donors (Lipinski definition) is 2. The minimum Gasteiger partial charge on any atom is -0.353 e. The molecule has 2 aliphatic carbocycles. The van der Waals surface area contributed by atoms with E-state index in [1.54, 1.807) is 0 Å². The van der Waals surface area contributed by atoms with Gasteiger partial charge in [-0.2, -0.15) is 0 Å². The highest BCUT2D eigenvalue weighted by Gasteiger charge is 2.34. The lowest BCUT2D eigenvalue weighted by Gasteiger charge is -2.37. The van der Waals surface area contributed by atoms with Crippen LogP contribution in [-0.4, -0.2) is 18.0 Å². The Morgan fingerprint density at radius 3 is 2.53 bits per heavy atom. The zero-order chi connectivity index (χ0) is 14.0. The lowest BCUT2D eigenvalue weighted by molar-refractivity contribution is -0.129. The molecule has 0 spiro atoms. The Morgan fingerprint density at radius 1 is 1.05 bits per heavy atom. The normalized spacial score (nSPS) is 43.8. The molecule has 0 aromatic carbocycles. The van der Waals surface area contributed by atoms with E-state index in [2.05, 4.69) is 26.1 Å². The van der Waals surface area contributed by atoms with E-state index >= 15 is 0 Å². The Labute approximate surface area is 117 Å². The summed E-state index contributed by atoms with van der Waals surface area (Å²) in [7, 11) is 0. The van der Waals surface area contributed by atoms with E-state index in [4.69, 9.17) is 5.73 Å². The van der Waals surface area contributed by atoms with Gasteiger partial charge < -0.3 is 11.1 Å². The van der Waals surface area contributed by atoms with Gasteiger partial charge in [-0.15, -0.1) is 0 Å². The van der Waals surface area contributed by atoms with Gasteiger partial charge in [-0.05, 0) is 43.4 Å². The van der Waals surface area contributed by atoms with Crippen LogP contribution in [0.25, 0.3) is 0 Å². The predicted molar refractivity (Wildman–Crippen MR) is 78.6 cm³/mol. The van der Waals surface area contributed by atoms with E-state index in [0.717, 1.165) is 31.6 Å². The molecule has 0 aromatic heterocycles. The van der Waals surface area contributed by atoms with Gasteiger partial charge in [-0.1, -0.05) is 33.6 Å². The van der Waals surface area contributed by atoms with Crippen molar-refractivity contribution < 1.29 is 4.79 Å². The molecule has 2 rings (SSSR count). The van der Waals surface area contributed by atoms with Crippen molar-refractivity contribution in [2.45, 2.75) is 71.4 Å². The maximum atomic E-state index is 12.5. The van der Waals surface area contributed by atoms with E-state index in [1.807, 2.05) is 0 Å². The maximum Gasteiger partial charge on any atom is 0.223 e. The van der Waals surface area contributed by atoms with Gasteiger partial charge in [0.2, 0.25) is 5.91 Å². The molecular formula is C16H30N2O. The molecule has 3 nitrogen and oxygen atoms in total. The fourth-order valence-electron chi connectivity index (χ4n) is 3.80. The summed E-state index contributed by atoms with van der Waals surface area (Å²) in [5.74, 6) is 2.20. The average Bonchev–Trinajstić information content (AvgIpc) is 2.38. The van der Waals surface area contributed by atoms with Crippen LogP contribution < -0.4 is 11.1 Å². The molecule has 0 heterocycles. The van der Waals surface area contributed by atoms with Crippen molar-refractivity contribution in [2.75, 3.05) is 0 Å². The largest absolute Gasteiger partial charge is 0.353 e. The third-order valence-electron chi connectivity index (χ3n) is 5.61. The van der Waals surface area contributed by atoms with Crippen LogP contribution >= 0.6 is 0 Å². The Hall–Kier alpha value is -0.570. The van der Waals surface area contributed by atoms with Crippen molar-refractivity contribution in [1.82, 2.24) is 5.32 Å². The summed E-state index contributed by atoms with van der Waals surface area (Å²) in [6.07, 6.45) is 6.72. The fraction of sp³-hybridized carbons (Fsp3) is 0.938.